The number of sulfonamides is 1. The van der Waals surface area contributed by atoms with Gasteiger partial charge in [-0.25, -0.2) is 16.8 Å². The fraction of sp³-hybridized carbons (Fsp3) is 0.353. The summed E-state index contributed by atoms with van der Waals surface area (Å²) in [6.07, 6.45) is 3.59. The highest BCUT2D eigenvalue weighted by Gasteiger charge is 2.29. The molecule has 1 aliphatic rings. The number of nitrogens with zero attached hydrogens (tertiary/aromatic N) is 1. The smallest absolute Gasteiger partial charge is 0.291 e. The van der Waals surface area contributed by atoms with E-state index in [1.165, 1.54) is 28.6 Å². The van der Waals surface area contributed by atoms with Crippen LogP contribution in [0.4, 0.5) is 5.69 Å². The minimum Gasteiger partial charge on any atom is -0.438 e. The maximum Gasteiger partial charge on any atom is 0.291 e. The van der Waals surface area contributed by atoms with E-state index in [1.54, 1.807) is 12.1 Å². The van der Waals surface area contributed by atoms with Gasteiger partial charge in [0, 0.05) is 19.3 Å². The van der Waals surface area contributed by atoms with E-state index in [1.807, 2.05) is 0 Å². The van der Waals surface area contributed by atoms with E-state index in [0.717, 1.165) is 25.5 Å². The Kier molecular flexibility index (Phi) is 5.41. The van der Waals surface area contributed by atoms with Crippen molar-refractivity contribution >= 4 is 31.5 Å². The van der Waals surface area contributed by atoms with E-state index in [4.69, 9.17) is 4.42 Å². The second kappa shape index (κ2) is 7.45. The quantitative estimate of drug-likeness (QED) is 0.805. The molecular weight excluding hydrogens is 392 g/mol. The standard InChI is InChI=1S/C17H20N2O6S2/c1-26(21,22)15-8-4-3-7-13(15)18-17(20)14-9-10-16(25-14)27(23,24)19-11-5-2-6-12-19/h3-4,7-10H,2,5-6,11-12H2,1H3,(H,18,20). The molecule has 2 aromatic rings. The number of anilines is 1. The van der Waals surface area contributed by atoms with Gasteiger partial charge in [-0.15, -0.1) is 0 Å². The first-order valence-corrected chi connectivity index (χ1v) is 11.7. The summed E-state index contributed by atoms with van der Waals surface area (Å²) in [7, 11) is -7.33. The fourth-order valence-electron chi connectivity index (χ4n) is 2.89. The Bertz CT molecular complexity index is 1050. The van der Waals surface area contributed by atoms with Gasteiger partial charge in [-0.1, -0.05) is 18.6 Å². The Morgan fingerprint density at radius 1 is 1.00 bits per heavy atom. The highest BCUT2D eigenvalue weighted by atomic mass is 32.2. The number of rotatable bonds is 5. The van der Waals surface area contributed by atoms with Crippen LogP contribution in [0, 0.1) is 0 Å². The van der Waals surface area contributed by atoms with Gasteiger partial charge in [0.2, 0.25) is 5.09 Å². The Morgan fingerprint density at radius 3 is 2.33 bits per heavy atom. The maximum atomic E-state index is 12.6. The molecule has 1 aliphatic heterocycles. The lowest BCUT2D eigenvalue weighted by molar-refractivity contribution is 0.0991. The van der Waals surface area contributed by atoms with Gasteiger partial charge in [0.15, 0.2) is 15.6 Å². The van der Waals surface area contributed by atoms with Crippen molar-refractivity contribution in [1.82, 2.24) is 4.31 Å². The number of para-hydroxylation sites is 1. The van der Waals surface area contributed by atoms with Crippen molar-refractivity contribution in [3.8, 4) is 0 Å². The van der Waals surface area contributed by atoms with E-state index in [0.29, 0.717) is 13.1 Å². The largest absolute Gasteiger partial charge is 0.438 e. The first-order chi connectivity index (χ1) is 12.7. The van der Waals surface area contributed by atoms with Crippen LogP contribution >= 0.6 is 0 Å². The number of carbonyl (C=O) groups excluding carboxylic acids is 1. The number of sulfone groups is 1. The van der Waals surface area contributed by atoms with Gasteiger partial charge >= 0.3 is 0 Å². The molecule has 0 unspecified atom stereocenters. The van der Waals surface area contributed by atoms with Crippen LogP contribution < -0.4 is 5.32 Å². The Morgan fingerprint density at radius 2 is 1.67 bits per heavy atom. The summed E-state index contributed by atoms with van der Waals surface area (Å²) >= 11 is 0. The third-order valence-corrected chi connectivity index (χ3v) is 7.18. The molecule has 0 bridgehead atoms. The number of nitrogens with one attached hydrogen (secondary N) is 1. The monoisotopic (exact) mass is 412 g/mol. The van der Waals surface area contributed by atoms with Crippen LogP contribution in [0.1, 0.15) is 29.8 Å². The first-order valence-electron chi connectivity index (χ1n) is 8.40. The molecule has 146 valence electrons. The summed E-state index contributed by atoms with van der Waals surface area (Å²) in [5, 5.41) is 2.16. The summed E-state index contributed by atoms with van der Waals surface area (Å²) in [6, 6.07) is 8.44. The average molecular weight is 412 g/mol. The van der Waals surface area contributed by atoms with E-state index in [-0.39, 0.29) is 21.4 Å². The molecule has 1 aromatic carbocycles. The lowest BCUT2D eigenvalue weighted by atomic mass is 10.2. The van der Waals surface area contributed by atoms with Crippen LogP contribution in [-0.2, 0) is 19.9 Å². The molecule has 1 saturated heterocycles. The summed E-state index contributed by atoms with van der Waals surface area (Å²) < 4.78 is 55.4. The van der Waals surface area contributed by atoms with Gasteiger partial charge in [-0.2, -0.15) is 4.31 Å². The maximum absolute atomic E-state index is 12.6. The van der Waals surface area contributed by atoms with Crippen molar-refractivity contribution in [2.75, 3.05) is 24.7 Å². The number of furan rings is 1. The second-order valence-electron chi connectivity index (χ2n) is 6.31. The van der Waals surface area contributed by atoms with Gasteiger partial charge in [0.25, 0.3) is 15.9 Å². The first kappa shape index (κ1) is 19.6. The third-order valence-electron chi connectivity index (χ3n) is 4.25. The van der Waals surface area contributed by atoms with Gasteiger partial charge in [-0.3, -0.25) is 4.79 Å². The second-order valence-corrected chi connectivity index (χ2v) is 10.2. The summed E-state index contributed by atoms with van der Waals surface area (Å²) in [5.74, 6) is -0.944. The number of benzene rings is 1. The van der Waals surface area contributed by atoms with Crippen molar-refractivity contribution in [3.63, 3.8) is 0 Å². The van der Waals surface area contributed by atoms with Crippen molar-refractivity contribution in [2.24, 2.45) is 0 Å². The normalized spacial score (nSPS) is 16.2. The molecular formula is C17H20N2O6S2. The molecule has 10 heteroatoms. The number of piperidine rings is 1. The number of hydrogen-bond donors (Lipinski definition) is 1. The van der Waals surface area contributed by atoms with E-state index < -0.39 is 25.8 Å². The Balaban J connectivity index is 1.82. The predicted octanol–water partition coefficient (Wildman–Crippen LogP) is 2.11. The molecule has 0 atom stereocenters. The van der Waals surface area contributed by atoms with Crippen LogP contribution in [-0.4, -0.2) is 46.4 Å². The molecule has 0 aliphatic carbocycles. The van der Waals surface area contributed by atoms with Gasteiger partial charge in [-0.05, 0) is 37.1 Å². The van der Waals surface area contributed by atoms with Crippen LogP contribution in [0.15, 0.2) is 50.8 Å². The molecule has 0 spiro atoms. The minimum atomic E-state index is -3.79. The molecule has 1 amide bonds. The average Bonchev–Trinajstić information content (AvgIpc) is 3.13. The lowest BCUT2D eigenvalue weighted by Crippen LogP contribution is -2.35. The van der Waals surface area contributed by atoms with E-state index in [2.05, 4.69) is 5.32 Å². The zero-order chi connectivity index (χ0) is 19.7. The zero-order valence-corrected chi connectivity index (χ0v) is 16.3. The third kappa shape index (κ3) is 4.23. The summed E-state index contributed by atoms with van der Waals surface area (Å²) in [4.78, 5) is 12.4. The number of hydrogen-bond acceptors (Lipinski definition) is 6. The van der Waals surface area contributed by atoms with Gasteiger partial charge in [0.1, 0.15) is 0 Å². The van der Waals surface area contributed by atoms with Crippen molar-refractivity contribution in [1.29, 1.82) is 0 Å². The minimum absolute atomic E-state index is 0.0360. The topological polar surface area (TPSA) is 114 Å². The SMILES string of the molecule is CS(=O)(=O)c1ccccc1NC(=O)c1ccc(S(=O)(=O)N2CCCCC2)o1. The van der Waals surface area contributed by atoms with E-state index in [9.17, 15) is 21.6 Å². The van der Waals surface area contributed by atoms with Crippen LogP contribution in [0.5, 0.6) is 0 Å². The number of carbonyl (C=O) groups is 1. The van der Waals surface area contributed by atoms with Crippen molar-refractivity contribution < 1.29 is 26.0 Å². The molecule has 27 heavy (non-hydrogen) atoms. The van der Waals surface area contributed by atoms with Crippen LogP contribution in [0.2, 0.25) is 0 Å². The predicted molar refractivity (Wildman–Crippen MR) is 98.8 cm³/mol. The highest BCUT2D eigenvalue weighted by molar-refractivity contribution is 7.91. The summed E-state index contributed by atoms with van der Waals surface area (Å²) in [6.45, 7) is 0.846. The Labute approximate surface area is 158 Å². The summed E-state index contributed by atoms with van der Waals surface area (Å²) in [5.41, 5.74) is 0.0989. The zero-order valence-electron chi connectivity index (χ0n) is 14.7. The molecule has 0 radical (unpaired) electrons. The molecule has 1 fully saturated rings. The lowest BCUT2D eigenvalue weighted by Gasteiger charge is -2.24. The van der Waals surface area contributed by atoms with Crippen molar-refractivity contribution in [2.45, 2.75) is 29.3 Å². The van der Waals surface area contributed by atoms with E-state index >= 15 is 0 Å². The van der Waals surface area contributed by atoms with Gasteiger partial charge < -0.3 is 9.73 Å². The molecule has 3 rings (SSSR count). The fourth-order valence-corrected chi connectivity index (χ4v) is 5.16. The van der Waals surface area contributed by atoms with Crippen molar-refractivity contribution in [3.05, 3.63) is 42.2 Å². The molecule has 8 nitrogen and oxygen atoms in total. The number of amides is 1. The molecule has 1 aromatic heterocycles. The Hall–Kier alpha value is -2.17. The molecule has 0 saturated carbocycles. The van der Waals surface area contributed by atoms with Gasteiger partial charge in [0.05, 0.1) is 10.6 Å². The molecule has 2 heterocycles. The van der Waals surface area contributed by atoms with Crippen LogP contribution in [0.3, 0.4) is 0 Å². The molecule has 1 N–H and O–H groups in total. The highest BCUT2D eigenvalue weighted by Crippen LogP contribution is 2.24. The van der Waals surface area contributed by atoms with Crippen LogP contribution in [0.25, 0.3) is 0 Å².